The van der Waals surface area contributed by atoms with Gasteiger partial charge in [-0.05, 0) is 78.7 Å². The molecule has 0 saturated carbocycles. The van der Waals surface area contributed by atoms with Crippen LogP contribution in [0.5, 0.6) is 17.2 Å². The number of carbonyl (C=O) groups is 1. The second-order valence-electron chi connectivity index (χ2n) is 8.06. The minimum atomic E-state index is -4.24. The fraction of sp³-hybridized carbons (Fsp3) is 0.250. The zero-order valence-corrected chi connectivity index (χ0v) is 22.6. The molecule has 0 saturated heterocycles. The molecule has 0 spiro atoms. The minimum absolute atomic E-state index is 0.0688. The van der Waals surface area contributed by atoms with Gasteiger partial charge in [0.1, 0.15) is 5.75 Å². The van der Waals surface area contributed by atoms with E-state index in [1.165, 1.54) is 62.8 Å². The molecular weight excluding hydrogens is 514 g/mol. The normalized spacial score (nSPS) is 11.4. The van der Waals surface area contributed by atoms with Gasteiger partial charge in [0.15, 0.2) is 11.5 Å². The van der Waals surface area contributed by atoms with E-state index < -0.39 is 15.9 Å². The highest BCUT2D eigenvalue weighted by Gasteiger charge is 2.30. The summed E-state index contributed by atoms with van der Waals surface area (Å²) in [6, 6.07) is 17.1. The van der Waals surface area contributed by atoms with Gasteiger partial charge < -0.3 is 14.2 Å². The topological polar surface area (TPSA) is 82.1 Å². The van der Waals surface area contributed by atoms with Crippen LogP contribution in [0.25, 0.3) is 6.08 Å². The highest BCUT2D eigenvalue weighted by atomic mass is 35.5. The van der Waals surface area contributed by atoms with Gasteiger partial charge in [0.05, 0.1) is 31.4 Å². The lowest BCUT2D eigenvalue weighted by atomic mass is 10.2. The number of unbranched alkanes of at least 4 members (excludes halogenated alkanes) is 2. The van der Waals surface area contributed by atoms with Gasteiger partial charge in [-0.15, -0.1) is 0 Å². The second kappa shape index (κ2) is 13.2. The van der Waals surface area contributed by atoms with Crippen LogP contribution in [0.3, 0.4) is 0 Å². The van der Waals surface area contributed by atoms with Crippen molar-refractivity contribution in [2.75, 3.05) is 25.1 Å². The van der Waals surface area contributed by atoms with Crippen LogP contribution >= 0.6 is 11.6 Å². The second-order valence-corrected chi connectivity index (χ2v) is 10.3. The molecule has 0 atom stereocenters. The molecule has 0 fully saturated rings. The summed E-state index contributed by atoms with van der Waals surface area (Å²) in [6.45, 7) is 2.71. The van der Waals surface area contributed by atoms with Gasteiger partial charge >= 0.3 is 0 Å². The van der Waals surface area contributed by atoms with Crippen molar-refractivity contribution in [1.29, 1.82) is 0 Å². The number of benzene rings is 3. The number of halogens is 1. The predicted molar refractivity (Wildman–Crippen MR) is 146 cm³/mol. The summed E-state index contributed by atoms with van der Waals surface area (Å²) < 4.78 is 44.2. The lowest BCUT2D eigenvalue weighted by Gasteiger charge is -2.21. The molecule has 0 aromatic heterocycles. The largest absolute Gasteiger partial charge is 0.497 e. The van der Waals surface area contributed by atoms with Crippen molar-refractivity contribution in [3.63, 3.8) is 0 Å². The number of methoxy groups -OCH3 is 2. The van der Waals surface area contributed by atoms with Crippen molar-refractivity contribution in [2.24, 2.45) is 0 Å². The summed E-state index contributed by atoms with van der Waals surface area (Å²) >= 11 is 5.93. The Morgan fingerprint density at radius 2 is 1.62 bits per heavy atom. The molecule has 0 N–H and O–H groups in total. The molecule has 3 aromatic rings. The molecule has 0 radical (unpaired) electrons. The van der Waals surface area contributed by atoms with E-state index in [2.05, 4.69) is 6.92 Å². The number of rotatable bonds is 12. The molecule has 37 heavy (non-hydrogen) atoms. The van der Waals surface area contributed by atoms with Crippen LogP contribution in [0.2, 0.25) is 5.02 Å². The number of hydrogen-bond donors (Lipinski definition) is 0. The van der Waals surface area contributed by atoms with Crippen molar-refractivity contribution in [1.82, 2.24) is 0 Å². The molecule has 3 aromatic carbocycles. The van der Waals surface area contributed by atoms with Gasteiger partial charge in [-0.3, -0.25) is 4.79 Å². The molecule has 0 unspecified atom stereocenters. The number of sulfonamides is 1. The molecule has 196 valence electrons. The molecule has 3 rings (SSSR count). The Bertz CT molecular complexity index is 1320. The van der Waals surface area contributed by atoms with E-state index in [0.29, 0.717) is 34.4 Å². The molecule has 0 aliphatic rings. The van der Waals surface area contributed by atoms with Crippen LogP contribution in [-0.2, 0) is 14.8 Å². The first-order valence-electron chi connectivity index (χ1n) is 11.8. The number of ether oxygens (including phenoxy) is 3. The fourth-order valence-corrected chi connectivity index (χ4v) is 5.00. The van der Waals surface area contributed by atoms with Gasteiger partial charge in [-0.1, -0.05) is 37.4 Å². The molecule has 7 nitrogen and oxygen atoms in total. The first-order chi connectivity index (χ1) is 17.8. The number of amides is 1. The highest BCUT2D eigenvalue weighted by Crippen LogP contribution is 2.30. The third kappa shape index (κ3) is 7.27. The Hall–Kier alpha value is -3.49. The minimum Gasteiger partial charge on any atom is -0.497 e. The summed E-state index contributed by atoms with van der Waals surface area (Å²) in [5, 5.41) is 0.382. The van der Waals surface area contributed by atoms with Crippen molar-refractivity contribution >= 4 is 39.3 Å². The van der Waals surface area contributed by atoms with Gasteiger partial charge in [-0.2, -0.15) is 4.31 Å². The van der Waals surface area contributed by atoms with Crippen LogP contribution in [0.1, 0.15) is 31.7 Å². The summed E-state index contributed by atoms with van der Waals surface area (Å²) in [4.78, 5) is 13.3. The molecule has 0 aliphatic heterocycles. The van der Waals surface area contributed by atoms with Crippen LogP contribution < -0.4 is 18.5 Å². The third-order valence-corrected chi connectivity index (χ3v) is 7.46. The van der Waals surface area contributed by atoms with Crippen molar-refractivity contribution < 1.29 is 27.4 Å². The van der Waals surface area contributed by atoms with Crippen molar-refractivity contribution in [2.45, 2.75) is 31.1 Å². The van der Waals surface area contributed by atoms with E-state index >= 15 is 0 Å². The monoisotopic (exact) mass is 543 g/mol. The summed E-state index contributed by atoms with van der Waals surface area (Å²) in [5.41, 5.74) is 0.809. The molecule has 0 aliphatic carbocycles. The Morgan fingerprint density at radius 1 is 0.919 bits per heavy atom. The van der Waals surface area contributed by atoms with E-state index in [4.69, 9.17) is 25.8 Å². The Kier molecular flexibility index (Phi) is 10.00. The summed E-state index contributed by atoms with van der Waals surface area (Å²) in [5.74, 6) is 0.901. The molecule has 1 amide bonds. The average Bonchev–Trinajstić information content (AvgIpc) is 2.91. The van der Waals surface area contributed by atoms with Gasteiger partial charge in [0, 0.05) is 11.1 Å². The third-order valence-electron chi connectivity index (χ3n) is 5.47. The smallest absolute Gasteiger partial charge is 0.271 e. The fourth-order valence-electron chi connectivity index (χ4n) is 3.49. The number of carbonyl (C=O) groups excluding carboxylic acids is 1. The Balaban J connectivity index is 1.91. The van der Waals surface area contributed by atoms with E-state index in [0.717, 1.165) is 23.6 Å². The van der Waals surface area contributed by atoms with E-state index in [-0.39, 0.29) is 10.6 Å². The molecule has 0 heterocycles. The lowest BCUT2D eigenvalue weighted by molar-refractivity contribution is -0.113. The van der Waals surface area contributed by atoms with Crippen LogP contribution in [0.15, 0.2) is 77.7 Å². The number of nitrogens with zero attached hydrogens (tertiary/aromatic N) is 1. The Labute approximate surface area is 223 Å². The van der Waals surface area contributed by atoms with Crippen molar-refractivity contribution in [3.05, 3.63) is 83.4 Å². The van der Waals surface area contributed by atoms with Crippen LogP contribution in [0, 0.1) is 0 Å². The maximum absolute atomic E-state index is 13.5. The molecule has 0 bridgehead atoms. The standard InChI is InChI=1S/C28H30ClNO6S/c1-4-5-6-19-36-26-17-7-21(20-27(26)35-3)8-18-28(31)30(23-11-13-24(34-2)14-12-23)37(32,33)25-15-9-22(29)10-16-25/h7-18,20H,4-6,19H2,1-3H3/b18-8+. The average molecular weight is 544 g/mol. The summed E-state index contributed by atoms with van der Waals surface area (Å²) in [7, 11) is -1.20. The molecular formula is C28H30ClNO6S. The van der Waals surface area contributed by atoms with E-state index in [1.807, 2.05) is 0 Å². The zero-order chi connectivity index (χ0) is 26.8. The Morgan fingerprint density at radius 3 is 2.24 bits per heavy atom. The first kappa shape index (κ1) is 28.1. The maximum atomic E-state index is 13.5. The number of anilines is 1. The maximum Gasteiger partial charge on any atom is 0.271 e. The van der Waals surface area contributed by atoms with Crippen LogP contribution in [-0.4, -0.2) is 35.2 Å². The van der Waals surface area contributed by atoms with E-state index in [1.54, 1.807) is 30.3 Å². The molecule has 9 heteroatoms. The first-order valence-corrected chi connectivity index (χ1v) is 13.6. The highest BCUT2D eigenvalue weighted by molar-refractivity contribution is 7.93. The van der Waals surface area contributed by atoms with Crippen LogP contribution in [0.4, 0.5) is 5.69 Å². The lowest BCUT2D eigenvalue weighted by Crippen LogP contribution is -2.35. The zero-order valence-electron chi connectivity index (χ0n) is 21.0. The SMILES string of the molecule is CCCCCOc1ccc(/C=C/C(=O)N(c2ccc(OC)cc2)S(=O)(=O)c2ccc(Cl)cc2)cc1OC. The van der Waals surface area contributed by atoms with Gasteiger partial charge in [0.2, 0.25) is 0 Å². The van der Waals surface area contributed by atoms with E-state index in [9.17, 15) is 13.2 Å². The quantitative estimate of drug-likeness (QED) is 0.195. The van der Waals surface area contributed by atoms with Gasteiger partial charge in [-0.25, -0.2) is 8.42 Å². The van der Waals surface area contributed by atoms with Crippen molar-refractivity contribution in [3.8, 4) is 17.2 Å². The summed E-state index contributed by atoms with van der Waals surface area (Å²) in [6.07, 6.45) is 5.85. The van der Waals surface area contributed by atoms with Gasteiger partial charge in [0.25, 0.3) is 15.9 Å². The number of hydrogen-bond acceptors (Lipinski definition) is 6. The predicted octanol–water partition coefficient (Wildman–Crippen LogP) is 6.36.